The molecule has 1 N–H and O–H groups in total. The van der Waals surface area contributed by atoms with E-state index in [1.807, 2.05) is 6.07 Å². The number of pyridine rings is 2. The molecule has 8 heteroatoms. The van der Waals surface area contributed by atoms with Gasteiger partial charge in [0.15, 0.2) is 0 Å². The quantitative estimate of drug-likeness (QED) is 0.740. The first kappa shape index (κ1) is 17.9. The van der Waals surface area contributed by atoms with Gasteiger partial charge < -0.3 is 19.4 Å². The van der Waals surface area contributed by atoms with Crippen molar-refractivity contribution < 1.29 is 24.2 Å². The van der Waals surface area contributed by atoms with Gasteiger partial charge in [-0.2, -0.15) is 0 Å². The molecule has 0 fully saturated rings. The second-order valence-electron chi connectivity index (χ2n) is 5.89. The summed E-state index contributed by atoms with van der Waals surface area (Å²) in [7, 11) is 2.97. The van der Waals surface area contributed by atoms with E-state index in [1.165, 1.54) is 13.2 Å². The molecule has 2 aromatic rings. The van der Waals surface area contributed by atoms with Gasteiger partial charge in [-0.05, 0) is 36.1 Å². The molecule has 0 amide bonds. The summed E-state index contributed by atoms with van der Waals surface area (Å²) < 4.78 is 11.7. The number of hydrogen-bond acceptors (Lipinski definition) is 6. The highest BCUT2D eigenvalue weighted by atomic mass is 16.6. The number of carboxylic acid groups (broad SMARTS) is 1. The lowest BCUT2D eigenvalue weighted by atomic mass is 9.91. The van der Waals surface area contributed by atoms with Gasteiger partial charge >= 0.3 is 5.97 Å². The largest absolute Gasteiger partial charge is 0.492 e. The number of ether oxygens (including phenoxy) is 2. The molecule has 8 nitrogen and oxygen atoms in total. The third-order valence-corrected chi connectivity index (χ3v) is 4.24. The third-order valence-electron chi connectivity index (χ3n) is 4.24. The van der Waals surface area contributed by atoms with Gasteiger partial charge in [-0.3, -0.25) is 9.78 Å². The van der Waals surface area contributed by atoms with Crippen LogP contribution in [0, 0.1) is 0 Å². The van der Waals surface area contributed by atoms with Crippen LogP contribution >= 0.6 is 0 Å². The zero-order valence-corrected chi connectivity index (χ0v) is 14.7. The number of hydrogen-bond donors (Lipinski definition) is 1. The van der Waals surface area contributed by atoms with Crippen molar-refractivity contribution in [3.8, 4) is 17.1 Å². The smallest absolute Gasteiger partial charge is 0.341 e. The second-order valence-corrected chi connectivity index (χ2v) is 5.89. The number of methoxy groups -OCH3 is 1. The summed E-state index contributed by atoms with van der Waals surface area (Å²) >= 11 is 0. The number of aryl methyl sites for hydroxylation is 2. The van der Waals surface area contributed by atoms with Crippen LogP contribution in [0.25, 0.3) is 11.4 Å². The molecule has 0 unspecified atom stereocenters. The fourth-order valence-electron chi connectivity index (χ4n) is 3.05. The van der Waals surface area contributed by atoms with Crippen LogP contribution in [0.15, 0.2) is 23.1 Å². The summed E-state index contributed by atoms with van der Waals surface area (Å²) in [5.74, 6) is -0.626. The summed E-state index contributed by atoms with van der Waals surface area (Å²) in [4.78, 5) is 33.3. The lowest BCUT2D eigenvalue weighted by molar-refractivity contribution is 0.0688. The molecule has 2 heterocycles. The molecule has 1 aliphatic rings. The van der Waals surface area contributed by atoms with Crippen molar-refractivity contribution in [2.75, 3.05) is 27.4 Å². The van der Waals surface area contributed by atoms with Gasteiger partial charge in [0.05, 0.1) is 18.5 Å². The highest BCUT2D eigenvalue weighted by molar-refractivity contribution is 5.88. The number of carboxylic acids is 1. The number of fused-ring (bicyclic) bond motifs is 3. The van der Waals surface area contributed by atoms with Gasteiger partial charge in [-0.1, -0.05) is 0 Å². The number of aromatic nitrogens is 2. The van der Waals surface area contributed by atoms with Gasteiger partial charge in [0.25, 0.3) is 5.56 Å². The molecule has 0 spiro atoms. The van der Waals surface area contributed by atoms with Crippen LogP contribution in [0.3, 0.4) is 0 Å². The van der Waals surface area contributed by atoms with E-state index in [4.69, 9.17) is 14.3 Å². The molecule has 0 atom stereocenters. The van der Waals surface area contributed by atoms with Crippen molar-refractivity contribution >= 4 is 5.97 Å². The van der Waals surface area contributed by atoms with Crippen LogP contribution in [0.1, 0.15) is 27.9 Å². The average Bonchev–Trinajstić information content (AvgIpc) is 2.64. The number of rotatable bonds is 7. The molecule has 0 aliphatic heterocycles. The van der Waals surface area contributed by atoms with E-state index in [-0.39, 0.29) is 5.56 Å². The van der Waals surface area contributed by atoms with E-state index < -0.39 is 11.5 Å². The Hall–Kier alpha value is -2.87. The minimum atomic E-state index is -1.28. The average molecular weight is 360 g/mol. The minimum absolute atomic E-state index is 0.313. The van der Waals surface area contributed by atoms with Gasteiger partial charge in [0.1, 0.15) is 24.1 Å². The maximum atomic E-state index is 12.4. The van der Waals surface area contributed by atoms with Crippen molar-refractivity contribution in [3.05, 3.63) is 45.4 Å². The van der Waals surface area contributed by atoms with Crippen molar-refractivity contribution in [1.82, 2.24) is 9.71 Å². The SMILES string of the molecule is COCCCOc1cnc2c(c1)CCc1cc(C(=O)O)c(=O)n(OC)c1-2. The highest BCUT2D eigenvalue weighted by Gasteiger charge is 2.26. The molecule has 0 bridgehead atoms. The first-order valence-electron chi connectivity index (χ1n) is 8.24. The Kier molecular flexibility index (Phi) is 5.22. The summed E-state index contributed by atoms with van der Waals surface area (Å²) in [6, 6.07) is 3.31. The van der Waals surface area contributed by atoms with E-state index >= 15 is 0 Å². The number of nitrogens with zero attached hydrogens (tertiary/aromatic N) is 2. The van der Waals surface area contributed by atoms with Gasteiger partial charge in [-0.25, -0.2) is 4.79 Å². The van der Waals surface area contributed by atoms with Crippen molar-refractivity contribution in [1.29, 1.82) is 0 Å². The van der Waals surface area contributed by atoms with Crippen LogP contribution < -0.4 is 15.1 Å². The number of carbonyl (C=O) groups is 1. The fourth-order valence-corrected chi connectivity index (χ4v) is 3.05. The Balaban J connectivity index is 1.99. The zero-order valence-electron chi connectivity index (χ0n) is 14.7. The molecule has 0 saturated heterocycles. The Morgan fingerprint density at radius 2 is 2.00 bits per heavy atom. The van der Waals surface area contributed by atoms with Crippen LogP contribution in [-0.2, 0) is 17.6 Å². The van der Waals surface area contributed by atoms with Crippen molar-refractivity contribution in [3.63, 3.8) is 0 Å². The van der Waals surface area contributed by atoms with Gasteiger partial charge in [0, 0.05) is 20.1 Å². The normalized spacial score (nSPS) is 12.2. The van der Waals surface area contributed by atoms with Gasteiger partial charge in [0.2, 0.25) is 0 Å². The zero-order chi connectivity index (χ0) is 18.7. The first-order chi connectivity index (χ1) is 12.6. The summed E-state index contributed by atoms with van der Waals surface area (Å²) in [5.41, 5.74) is 1.72. The maximum absolute atomic E-state index is 12.4. The molecule has 1 aliphatic carbocycles. The topological polar surface area (TPSA) is 99.9 Å². The molecule has 0 aromatic carbocycles. The monoisotopic (exact) mass is 360 g/mol. The van der Waals surface area contributed by atoms with Crippen LogP contribution in [0.4, 0.5) is 0 Å². The van der Waals surface area contributed by atoms with E-state index in [1.54, 1.807) is 13.3 Å². The van der Waals surface area contributed by atoms with Crippen LogP contribution in [0.5, 0.6) is 5.75 Å². The molecule has 0 radical (unpaired) electrons. The Morgan fingerprint density at radius 3 is 2.69 bits per heavy atom. The van der Waals surface area contributed by atoms with Crippen LogP contribution in [0.2, 0.25) is 0 Å². The Labute approximate surface area is 149 Å². The molecular weight excluding hydrogens is 340 g/mol. The van der Waals surface area contributed by atoms with Gasteiger partial charge in [-0.15, -0.1) is 4.73 Å². The number of aromatic carboxylic acids is 1. The Bertz CT molecular complexity index is 890. The van der Waals surface area contributed by atoms with Crippen molar-refractivity contribution in [2.45, 2.75) is 19.3 Å². The lowest BCUT2D eigenvalue weighted by Crippen LogP contribution is -2.33. The highest BCUT2D eigenvalue weighted by Crippen LogP contribution is 2.33. The maximum Gasteiger partial charge on any atom is 0.341 e. The molecule has 138 valence electrons. The molecule has 3 rings (SSSR count). The molecule has 26 heavy (non-hydrogen) atoms. The van der Waals surface area contributed by atoms with Crippen LogP contribution in [-0.4, -0.2) is 48.2 Å². The third kappa shape index (κ3) is 3.28. The summed E-state index contributed by atoms with van der Waals surface area (Å²) in [6.45, 7) is 1.15. The Morgan fingerprint density at radius 1 is 1.23 bits per heavy atom. The lowest BCUT2D eigenvalue weighted by Gasteiger charge is -2.22. The summed E-state index contributed by atoms with van der Waals surface area (Å²) in [6.07, 6.45) is 3.63. The van der Waals surface area contributed by atoms with Crippen molar-refractivity contribution in [2.24, 2.45) is 0 Å². The van der Waals surface area contributed by atoms with E-state index in [9.17, 15) is 14.7 Å². The van der Waals surface area contributed by atoms with E-state index in [0.717, 1.165) is 22.3 Å². The molecule has 0 saturated carbocycles. The first-order valence-corrected chi connectivity index (χ1v) is 8.24. The molecular formula is C18H20N2O6. The predicted octanol–water partition coefficient (Wildman–Crippen LogP) is 1.18. The van der Waals surface area contributed by atoms with E-state index in [2.05, 4.69) is 4.98 Å². The van der Waals surface area contributed by atoms with E-state index in [0.29, 0.717) is 43.2 Å². The standard InChI is InChI=1S/C18H20N2O6/c1-24-6-3-7-26-13-8-11-4-5-12-9-14(18(22)23)17(21)20(25-2)16(12)15(11)19-10-13/h8-10H,3-7H2,1-2H3,(H,22,23). The minimum Gasteiger partial charge on any atom is -0.492 e. The summed E-state index contributed by atoms with van der Waals surface area (Å²) in [5, 5.41) is 9.23. The predicted molar refractivity (Wildman–Crippen MR) is 92.8 cm³/mol. The molecule has 2 aromatic heterocycles. The second kappa shape index (κ2) is 7.57. The fraction of sp³-hybridized carbons (Fsp3) is 0.389.